The lowest BCUT2D eigenvalue weighted by Gasteiger charge is -2.26. The largest absolute Gasteiger partial charge is 0.486 e. The minimum Gasteiger partial charge on any atom is -0.486 e. The number of amides is 1. The first kappa shape index (κ1) is 13.5. The van der Waals surface area contributed by atoms with Crippen LogP contribution in [0.4, 0.5) is 0 Å². The number of fused-ring (bicyclic) bond motifs is 1. The molecular weight excluding hydrogens is 266 g/mol. The van der Waals surface area contributed by atoms with Gasteiger partial charge < -0.3 is 14.8 Å². The van der Waals surface area contributed by atoms with Crippen LogP contribution in [0.15, 0.2) is 54.6 Å². The van der Waals surface area contributed by atoms with Gasteiger partial charge in [-0.2, -0.15) is 0 Å². The Morgan fingerprint density at radius 1 is 1.05 bits per heavy atom. The van der Waals surface area contributed by atoms with Gasteiger partial charge in [-0.25, -0.2) is 0 Å². The zero-order chi connectivity index (χ0) is 14.5. The van der Waals surface area contributed by atoms with Gasteiger partial charge in [-0.1, -0.05) is 42.5 Å². The van der Waals surface area contributed by atoms with Crippen molar-refractivity contribution in [2.45, 2.75) is 19.1 Å². The molecule has 0 saturated carbocycles. The lowest BCUT2D eigenvalue weighted by atomic mass is 10.2. The van der Waals surface area contributed by atoms with Gasteiger partial charge in [0, 0.05) is 6.54 Å². The van der Waals surface area contributed by atoms with Gasteiger partial charge in [0.25, 0.3) is 0 Å². The number of para-hydroxylation sites is 2. The molecule has 21 heavy (non-hydrogen) atoms. The highest BCUT2D eigenvalue weighted by atomic mass is 16.6. The predicted molar refractivity (Wildman–Crippen MR) is 79.3 cm³/mol. The van der Waals surface area contributed by atoms with Crippen LogP contribution >= 0.6 is 0 Å². The van der Waals surface area contributed by atoms with Crippen molar-refractivity contribution in [1.82, 2.24) is 5.32 Å². The van der Waals surface area contributed by atoms with E-state index < -0.39 is 0 Å². The number of nitrogens with one attached hydrogen (secondary N) is 1. The van der Waals surface area contributed by atoms with Gasteiger partial charge >= 0.3 is 0 Å². The first-order chi connectivity index (χ1) is 10.3. The van der Waals surface area contributed by atoms with Crippen LogP contribution < -0.4 is 14.8 Å². The smallest absolute Gasteiger partial charge is 0.224 e. The summed E-state index contributed by atoms with van der Waals surface area (Å²) < 4.78 is 11.4. The molecule has 108 valence electrons. The van der Waals surface area contributed by atoms with Crippen molar-refractivity contribution in [1.29, 1.82) is 0 Å². The summed E-state index contributed by atoms with van der Waals surface area (Å²) in [7, 11) is 0. The third kappa shape index (κ3) is 3.54. The molecule has 3 rings (SSSR count). The van der Waals surface area contributed by atoms with Crippen LogP contribution in [0, 0.1) is 0 Å². The first-order valence-electron chi connectivity index (χ1n) is 7.00. The Bertz CT molecular complexity index is 612. The summed E-state index contributed by atoms with van der Waals surface area (Å²) >= 11 is 0. The standard InChI is InChI=1S/C17H17NO3/c19-17(18-11-13-6-2-1-3-7-13)10-14-12-20-15-8-4-5-9-16(15)21-14/h1-9,14H,10-12H2,(H,18,19)/t14-/m0/s1. The molecule has 1 aliphatic rings. The van der Waals surface area contributed by atoms with E-state index in [4.69, 9.17) is 9.47 Å². The lowest BCUT2D eigenvalue weighted by molar-refractivity contribution is -0.123. The van der Waals surface area contributed by atoms with E-state index in [0.29, 0.717) is 25.3 Å². The minimum absolute atomic E-state index is 0.0353. The summed E-state index contributed by atoms with van der Waals surface area (Å²) in [5.41, 5.74) is 1.08. The molecule has 1 aliphatic heterocycles. The molecule has 2 aromatic rings. The van der Waals surface area contributed by atoms with Crippen LogP contribution in [-0.4, -0.2) is 18.6 Å². The average molecular weight is 283 g/mol. The topological polar surface area (TPSA) is 47.6 Å². The molecule has 0 aromatic heterocycles. The summed E-state index contributed by atoms with van der Waals surface area (Å²) in [5.74, 6) is 1.40. The number of hydrogen-bond donors (Lipinski definition) is 1. The number of benzene rings is 2. The van der Waals surface area contributed by atoms with Crippen LogP contribution in [0.3, 0.4) is 0 Å². The molecule has 1 heterocycles. The van der Waals surface area contributed by atoms with Gasteiger partial charge in [-0.3, -0.25) is 4.79 Å². The highest BCUT2D eigenvalue weighted by molar-refractivity contribution is 5.76. The van der Waals surface area contributed by atoms with E-state index in [2.05, 4.69) is 5.32 Å². The van der Waals surface area contributed by atoms with Crippen LogP contribution in [0.5, 0.6) is 11.5 Å². The molecule has 1 atom stereocenters. The summed E-state index contributed by atoms with van der Waals surface area (Å²) in [5, 5.41) is 2.90. The summed E-state index contributed by atoms with van der Waals surface area (Å²) in [6.07, 6.45) is 0.0527. The van der Waals surface area contributed by atoms with Crippen molar-refractivity contribution in [2.24, 2.45) is 0 Å². The van der Waals surface area contributed by atoms with Crippen molar-refractivity contribution in [3.63, 3.8) is 0 Å². The zero-order valence-electron chi connectivity index (χ0n) is 11.6. The number of hydrogen-bond acceptors (Lipinski definition) is 3. The second-order valence-electron chi connectivity index (χ2n) is 4.96. The second-order valence-corrected chi connectivity index (χ2v) is 4.96. The molecule has 0 spiro atoms. The van der Waals surface area contributed by atoms with E-state index in [9.17, 15) is 4.79 Å². The SMILES string of the molecule is O=C(C[C@H]1COc2ccccc2O1)NCc1ccccc1. The van der Waals surface area contributed by atoms with E-state index >= 15 is 0 Å². The van der Waals surface area contributed by atoms with Crippen molar-refractivity contribution in [3.05, 3.63) is 60.2 Å². The van der Waals surface area contributed by atoms with Crippen molar-refractivity contribution in [3.8, 4) is 11.5 Å². The fraction of sp³-hybridized carbons (Fsp3) is 0.235. The van der Waals surface area contributed by atoms with E-state index in [1.807, 2.05) is 54.6 Å². The van der Waals surface area contributed by atoms with E-state index in [1.54, 1.807) is 0 Å². The predicted octanol–water partition coefficient (Wildman–Crippen LogP) is 2.53. The van der Waals surface area contributed by atoms with Crippen LogP contribution in [0.25, 0.3) is 0 Å². The van der Waals surface area contributed by atoms with Crippen LogP contribution in [-0.2, 0) is 11.3 Å². The molecule has 1 N–H and O–H groups in total. The Labute approximate surface area is 123 Å². The molecule has 2 aromatic carbocycles. The molecule has 4 heteroatoms. The molecular formula is C17H17NO3. The zero-order valence-corrected chi connectivity index (χ0v) is 11.6. The quantitative estimate of drug-likeness (QED) is 0.938. The first-order valence-corrected chi connectivity index (χ1v) is 7.00. The van der Waals surface area contributed by atoms with Crippen molar-refractivity contribution in [2.75, 3.05) is 6.61 Å². The van der Waals surface area contributed by atoms with Crippen molar-refractivity contribution >= 4 is 5.91 Å². The maximum Gasteiger partial charge on any atom is 0.224 e. The Morgan fingerprint density at radius 3 is 2.57 bits per heavy atom. The molecule has 0 saturated heterocycles. The van der Waals surface area contributed by atoms with Gasteiger partial charge in [-0.05, 0) is 17.7 Å². The van der Waals surface area contributed by atoms with Gasteiger partial charge in [0.15, 0.2) is 11.5 Å². The van der Waals surface area contributed by atoms with Gasteiger partial charge in [0.2, 0.25) is 5.91 Å². The van der Waals surface area contributed by atoms with Gasteiger partial charge in [0.1, 0.15) is 12.7 Å². The molecule has 0 radical (unpaired) electrons. The Morgan fingerprint density at radius 2 is 1.76 bits per heavy atom. The van der Waals surface area contributed by atoms with Crippen molar-refractivity contribution < 1.29 is 14.3 Å². The Balaban J connectivity index is 1.50. The third-order valence-electron chi connectivity index (χ3n) is 3.31. The van der Waals surface area contributed by atoms with Gasteiger partial charge in [0.05, 0.1) is 6.42 Å². The molecule has 4 nitrogen and oxygen atoms in total. The maximum absolute atomic E-state index is 11.9. The summed E-state index contributed by atoms with van der Waals surface area (Å²) in [4.78, 5) is 11.9. The van der Waals surface area contributed by atoms with E-state index in [0.717, 1.165) is 11.3 Å². The fourth-order valence-corrected chi connectivity index (χ4v) is 2.24. The molecule has 1 amide bonds. The van der Waals surface area contributed by atoms with Gasteiger partial charge in [-0.15, -0.1) is 0 Å². The summed E-state index contributed by atoms with van der Waals surface area (Å²) in [6, 6.07) is 17.3. The average Bonchev–Trinajstić information content (AvgIpc) is 2.54. The number of rotatable bonds is 4. The second kappa shape index (κ2) is 6.31. The number of ether oxygens (including phenoxy) is 2. The monoisotopic (exact) mass is 283 g/mol. The number of carbonyl (C=O) groups excluding carboxylic acids is 1. The van der Waals surface area contributed by atoms with Crippen LogP contribution in [0.2, 0.25) is 0 Å². The minimum atomic E-state index is -0.240. The Kier molecular flexibility index (Phi) is 4.05. The highest BCUT2D eigenvalue weighted by Crippen LogP contribution is 2.31. The maximum atomic E-state index is 11.9. The van der Waals surface area contributed by atoms with E-state index in [1.165, 1.54) is 0 Å². The van der Waals surface area contributed by atoms with E-state index in [-0.39, 0.29) is 12.0 Å². The summed E-state index contributed by atoms with van der Waals surface area (Å²) in [6.45, 7) is 0.930. The molecule has 0 unspecified atom stereocenters. The highest BCUT2D eigenvalue weighted by Gasteiger charge is 2.22. The fourth-order valence-electron chi connectivity index (χ4n) is 2.24. The molecule has 0 bridgehead atoms. The molecule has 0 fully saturated rings. The molecule has 0 aliphatic carbocycles. The normalized spacial score (nSPS) is 16.3. The Hall–Kier alpha value is -2.49. The van der Waals surface area contributed by atoms with Crippen LogP contribution in [0.1, 0.15) is 12.0 Å². The third-order valence-corrected chi connectivity index (χ3v) is 3.31. The lowest BCUT2D eigenvalue weighted by Crippen LogP contribution is -2.35. The number of carbonyl (C=O) groups is 1.